The molecule has 0 unspecified atom stereocenters. The molecule has 1 atom stereocenters. The minimum atomic E-state index is -4.02. The van der Waals surface area contributed by atoms with Crippen molar-refractivity contribution in [2.45, 2.75) is 84.9 Å². The van der Waals surface area contributed by atoms with Crippen LogP contribution >= 0.6 is 7.82 Å². The monoisotopic (exact) mass is 806 g/mol. The van der Waals surface area contributed by atoms with Crippen LogP contribution in [0.5, 0.6) is 0 Å². The first-order valence-electron chi connectivity index (χ1n) is 18.3. The minimum Gasteiger partial charge on any atom is -0.443 e. The van der Waals surface area contributed by atoms with E-state index in [4.69, 9.17) is 18.5 Å². The van der Waals surface area contributed by atoms with E-state index in [2.05, 4.69) is 25.3 Å². The van der Waals surface area contributed by atoms with Gasteiger partial charge in [-0.25, -0.2) is 38.4 Å². The third-order valence-corrected chi connectivity index (χ3v) is 9.30. The van der Waals surface area contributed by atoms with Gasteiger partial charge in [-0.2, -0.15) is 0 Å². The van der Waals surface area contributed by atoms with E-state index < -0.39 is 43.1 Å². The number of fused-ring (bicyclic) bond motifs is 1. The predicted molar refractivity (Wildman–Crippen MR) is 210 cm³/mol. The summed E-state index contributed by atoms with van der Waals surface area (Å²) in [6.07, 6.45) is 2.98. The highest BCUT2D eigenvalue weighted by Crippen LogP contribution is 2.45. The number of carbonyl (C=O) groups is 2. The maximum atomic E-state index is 16.0. The second-order valence-corrected chi connectivity index (χ2v) is 16.1. The van der Waals surface area contributed by atoms with Crippen molar-refractivity contribution in [1.29, 1.82) is 0 Å². The van der Waals surface area contributed by atoms with Crippen LogP contribution in [-0.4, -0.2) is 65.7 Å². The van der Waals surface area contributed by atoms with Gasteiger partial charge in [-0.3, -0.25) is 14.4 Å². The Morgan fingerprint density at radius 1 is 1.00 bits per heavy atom. The first kappa shape index (κ1) is 43.0. The number of ether oxygens (including phenoxy) is 2. The van der Waals surface area contributed by atoms with Crippen LogP contribution in [0.3, 0.4) is 0 Å². The van der Waals surface area contributed by atoms with Crippen molar-refractivity contribution in [3.8, 4) is 11.1 Å². The van der Waals surface area contributed by atoms with E-state index in [0.29, 0.717) is 29.6 Å². The fourth-order valence-corrected chi connectivity index (χ4v) is 6.35. The molecule has 1 aliphatic rings. The van der Waals surface area contributed by atoms with E-state index in [1.54, 1.807) is 41.5 Å². The fraction of sp³-hybridized carbons (Fsp3) is 0.375. The molecule has 0 radical (unpaired) electrons. The Balaban J connectivity index is 0.000000273. The molecule has 0 spiro atoms. The van der Waals surface area contributed by atoms with Gasteiger partial charge in [-0.15, -0.1) is 0 Å². The molecule has 6 rings (SSSR count). The molecule has 1 fully saturated rings. The standard InChI is InChI=1S/C26H33FN6O5.C14H15O4P/c1-7-33(24(35)38-25(2,3)4)23(34)32-22-30-16-11-15(14-12-28-21(29-13-14)26(5,6)36)19(27)18(20(16)31-22)17-9-8-10-37-17;15-19(16,17-11-13-7-3-1-4-8-13)18-12-14-9-5-2-6-10-14/h11-13,17,36H,7-10H2,1-6H3,(H2,30,31,32,34);1-10H,11-12H2,(H,15,16)/t17-;/m1./s1. The minimum absolute atomic E-state index is 0.0384. The van der Waals surface area contributed by atoms with E-state index in [9.17, 15) is 24.2 Å². The predicted octanol–water partition coefficient (Wildman–Crippen LogP) is 8.55. The number of anilines is 1. The number of benzene rings is 3. The van der Waals surface area contributed by atoms with Gasteiger partial charge in [0.25, 0.3) is 0 Å². The van der Waals surface area contributed by atoms with Crippen molar-refractivity contribution in [3.05, 3.63) is 107 Å². The summed E-state index contributed by atoms with van der Waals surface area (Å²) < 4.78 is 48.6. The van der Waals surface area contributed by atoms with Crippen molar-refractivity contribution in [1.82, 2.24) is 24.8 Å². The van der Waals surface area contributed by atoms with Crippen LogP contribution in [0.2, 0.25) is 0 Å². The number of nitrogens with one attached hydrogen (secondary N) is 2. The summed E-state index contributed by atoms with van der Waals surface area (Å²) in [6.45, 7) is 10.5. The molecule has 17 heteroatoms. The molecular weight excluding hydrogens is 758 g/mol. The van der Waals surface area contributed by atoms with Crippen LogP contribution in [0, 0.1) is 5.82 Å². The lowest BCUT2D eigenvalue weighted by molar-refractivity contribution is 0.0340. The van der Waals surface area contributed by atoms with Gasteiger partial charge < -0.3 is 24.5 Å². The zero-order valence-electron chi connectivity index (χ0n) is 32.7. The molecule has 0 saturated carbocycles. The summed E-state index contributed by atoms with van der Waals surface area (Å²) in [5.74, 6) is -0.275. The van der Waals surface area contributed by atoms with Crippen LogP contribution < -0.4 is 5.32 Å². The van der Waals surface area contributed by atoms with Gasteiger partial charge in [-0.1, -0.05) is 60.7 Å². The number of imide groups is 1. The molecule has 0 aliphatic carbocycles. The van der Waals surface area contributed by atoms with Crippen molar-refractivity contribution in [2.75, 3.05) is 18.5 Å². The lowest BCUT2D eigenvalue weighted by Crippen LogP contribution is -2.43. The Kier molecular flexibility index (Phi) is 13.9. The highest BCUT2D eigenvalue weighted by Gasteiger charge is 2.30. The third-order valence-electron chi connectivity index (χ3n) is 8.39. The molecule has 0 bridgehead atoms. The van der Waals surface area contributed by atoms with E-state index in [1.165, 1.54) is 18.5 Å². The first-order chi connectivity index (χ1) is 26.9. The van der Waals surface area contributed by atoms with Gasteiger partial charge in [-0.05, 0) is 71.6 Å². The molecule has 304 valence electrons. The summed E-state index contributed by atoms with van der Waals surface area (Å²) in [4.78, 5) is 51.6. The quantitative estimate of drug-likeness (QED) is 0.0929. The molecule has 1 saturated heterocycles. The molecule has 5 aromatic rings. The Bertz CT molecular complexity index is 2120. The number of imidazole rings is 1. The molecule has 57 heavy (non-hydrogen) atoms. The number of nitrogens with zero attached hydrogens (tertiary/aromatic N) is 4. The number of aliphatic hydroxyl groups is 1. The first-order valence-corrected chi connectivity index (χ1v) is 19.8. The fourth-order valence-electron chi connectivity index (χ4n) is 5.65. The van der Waals surface area contributed by atoms with Crippen LogP contribution in [0.15, 0.2) is 79.1 Å². The van der Waals surface area contributed by atoms with Crippen molar-refractivity contribution < 1.29 is 47.1 Å². The van der Waals surface area contributed by atoms with Crippen molar-refractivity contribution in [3.63, 3.8) is 0 Å². The van der Waals surface area contributed by atoms with Crippen LogP contribution in [0.25, 0.3) is 22.2 Å². The molecule has 3 aromatic carbocycles. The number of phosphoric acid groups is 1. The van der Waals surface area contributed by atoms with Gasteiger partial charge >= 0.3 is 19.9 Å². The normalized spacial score (nSPS) is 14.5. The number of hydrogen-bond acceptors (Lipinski definition) is 11. The average molecular weight is 807 g/mol. The molecule has 4 N–H and O–H groups in total. The largest absolute Gasteiger partial charge is 0.472 e. The zero-order chi connectivity index (χ0) is 41.4. The van der Waals surface area contributed by atoms with E-state index in [1.807, 2.05) is 60.7 Å². The Hall–Kier alpha value is -5.09. The number of hydrogen-bond donors (Lipinski definition) is 4. The number of halogens is 1. The Labute approximate surface area is 330 Å². The molecular formula is C40H48FN6O9P. The number of phosphoric ester groups is 1. The highest BCUT2D eigenvalue weighted by molar-refractivity contribution is 7.47. The molecule has 3 amide bonds. The number of rotatable bonds is 11. The second kappa shape index (κ2) is 18.4. The second-order valence-electron chi connectivity index (χ2n) is 14.6. The number of aromatic nitrogens is 4. The van der Waals surface area contributed by atoms with Crippen LogP contribution in [0.1, 0.15) is 83.0 Å². The van der Waals surface area contributed by atoms with Gasteiger partial charge in [0.15, 0.2) is 5.82 Å². The summed E-state index contributed by atoms with van der Waals surface area (Å²) in [7, 11) is -4.02. The molecule has 3 heterocycles. The van der Waals surface area contributed by atoms with E-state index in [0.717, 1.165) is 22.4 Å². The molecule has 1 aliphatic heterocycles. The maximum Gasteiger partial charge on any atom is 0.472 e. The topological polar surface area (TPSA) is 198 Å². The Morgan fingerprint density at radius 2 is 1.58 bits per heavy atom. The van der Waals surface area contributed by atoms with Crippen molar-refractivity contribution >= 4 is 36.9 Å². The van der Waals surface area contributed by atoms with Gasteiger partial charge in [0, 0.05) is 42.2 Å². The molecule has 2 aromatic heterocycles. The zero-order valence-corrected chi connectivity index (χ0v) is 33.6. The summed E-state index contributed by atoms with van der Waals surface area (Å²) in [6, 6.07) is 19.2. The maximum absolute atomic E-state index is 16.0. The number of H-pyrrole nitrogens is 1. The lowest BCUT2D eigenvalue weighted by atomic mass is 9.98. The molecule has 15 nitrogen and oxygen atoms in total. The SMILES string of the molecule is CCN(C(=O)Nc1nc2cc(-c3cnc(C(C)(C)O)nc3)c(F)c([C@H]3CCCO3)c2[nH]1)C(=O)OC(C)(C)C.O=P(O)(OCc1ccccc1)OCc1ccccc1. The number of aromatic amines is 1. The lowest BCUT2D eigenvalue weighted by Gasteiger charge is -2.25. The average Bonchev–Trinajstić information content (AvgIpc) is 3.84. The summed E-state index contributed by atoms with van der Waals surface area (Å²) in [5, 5.41) is 12.7. The van der Waals surface area contributed by atoms with Gasteiger partial charge in [0.05, 0.1) is 30.4 Å². The van der Waals surface area contributed by atoms with E-state index in [-0.39, 0.29) is 42.7 Å². The van der Waals surface area contributed by atoms with Gasteiger partial charge in [0.1, 0.15) is 17.0 Å². The summed E-state index contributed by atoms with van der Waals surface area (Å²) in [5.41, 5.74) is 1.27. The smallest absolute Gasteiger partial charge is 0.443 e. The Morgan fingerprint density at radius 3 is 2.07 bits per heavy atom. The van der Waals surface area contributed by atoms with Crippen molar-refractivity contribution in [2.24, 2.45) is 0 Å². The van der Waals surface area contributed by atoms with Crippen LogP contribution in [0.4, 0.5) is 19.9 Å². The number of carbonyl (C=O) groups excluding carboxylic acids is 2. The van der Waals surface area contributed by atoms with Gasteiger partial charge in [0.2, 0.25) is 5.95 Å². The third kappa shape index (κ3) is 12.0. The summed E-state index contributed by atoms with van der Waals surface area (Å²) >= 11 is 0. The van der Waals surface area contributed by atoms with E-state index >= 15 is 4.39 Å². The van der Waals surface area contributed by atoms with Crippen LogP contribution in [-0.2, 0) is 41.9 Å². The number of amides is 3. The highest BCUT2D eigenvalue weighted by atomic mass is 31.2. The number of urea groups is 1.